The number of nitrogens with zero attached hydrogens (tertiary/aromatic N) is 1. The molecule has 0 aliphatic heterocycles. The van der Waals surface area contributed by atoms with E-state index in [1.54, 1.807) is 25.9 Å². The van der Waals surface area contributed by atoms with Crippen LogP contribution in [0.1, 0.15) is 6.92 Å². The highest BCUT2D eigenvalue weighted by molar-refractivity contribution is 8.23. The van der Waals surface area contributed by atoms with Gasteiger partial charge < -0.3 is 20.3 Å². The zero-order valence-electron chi connectivity index (χ0n) is 11.7. The fraction of sp³-hybridized carbons (Fsp3) is 0.636. The number of thiocarbonyl (C=S) groups is 1. The minimum Gasteiger partial charge on any atom is -0.465 e. The zero-order chi connectivity index (χ0) is 15.5. The molecule has 0 saturated carbocycles. The Labute approximate surface area is 127 Å². The number of nitrogens with one attached hydrogen (secondary N) is 2. The summed E-state index contributed by atoms with van der Waals surface area (Å²) in [4.78, 5) is 35.5. The monoisotopic (exact) mass is 321 g/mol. The van der Waals surface area contributed by atoms with Gasteiger partial charge in [0.1, 0.15) is 10.9 Å². The van der Waals surface area contributed by atoms with Gasteiger partial charge in [-0.1, -0.05) is 24.0 Å². The normalized spacial score (nSPS) is 9.55. The maximum absolute atomic E-state index is 11.4. The van der Waals surface area contributed by atoms with Crippen LogP contribution in [0.2, 0.25) is 0 Å². The molecule has 2 amide bonds. The summed E-state index contributed by atoms with van der Waals surface area (Å²) in [5, 5.41) is 4.77. The van der Waals surface area contributed by atoms with Crippen LogP contribution >= 0.6 is 24.0 Å². The van der Waals surface area contributed by atoms with Gasteiger partial charge in [0.15, 0.2) is 0 Å². The molecular formula is C11H19N3O4S2. The number of rotatable bonds is 7. The standard InChI is InChI=1S/C11H19N3O4S2/c1-4-18-10(17)6-13-8(15)5-12-9(16)7-20-11(19)14(2)3/h4-7H2,1-3H3,(H,12,16)(H,13,15). The maximum Gasteiger partial charge on any atom is 0.325 e. The molecule has 0 aromatic carbocycles. The van der Waals surface area contributed by atoms with Crippen LogP contribution in [0.25, 0.3) is 0 Å². The van der Waals surface area contributed by atoms with E-state index in [1.807, 2.05) is 0 Å². The van der Waals surface area contributed by atoms with Crippen molar-refractivity contribution in [1.29, 1.82) is 0 Å². The van der Waals surface area contributed by atoms with E-state index in [-0.39, 0.29) is 31.4 Å². The van der Waals surface area contributed by atoms with E-state index in [9.17, 15) is 14.4 Å². The predicted molar refractivity (Wildman–Crippen MR) is 81.4 cm³/mol. The average molecular weight is 321 g/mol. The maximum atomic E-state index is 11.4. The van der Waals surface area contributed by atoms with Crippen molar-refractivity contribution in [2.24, 2.45) is 0 Å². The van der Waals surface area contributed by atoms with Crippen LogP contribution in [0.5, 0.6) is 0 Å². The van der Waals surface area contributed by atoms with Crippen molar-refractivity contribution in [2.75, 3.05) is 39.5 Å². The smallest absolute Gasteiger partial charge is 0.325 e. The molecule has 0 heterocycles. The van der Waals surface area contributed by atoms with Crippen molar-refractivity contribution in [3.8, 4) is 0 Å². The van der Waals surface area contributed by atoms with Crippen molar-refractivity contribution >= 4 is 46.1 Å². The SMILES string of the molecule is CCOC(=O)CNC(=O)CNC(=O)CSC(=S)N(C)C. The summed E-state index contributed by atoms with van der Waals surface area (Å²) in [5.41, 5.74) is 0. The van der Waals surface area contributed by atoms with Crippen molar-refractivity contribution in [3.63, 3.8) is 0 Å². The minimum absolute atomic E-state index is 0.141. The third-order valence-corrected chi connectivity index (χ3v) is 3.61. The average Bonchev–Trinajstić information content (AvgIpc) is 2.40. The highest BCUT2D eigenvalue weighted by Gasteiger charge is 2.09. The molecule has 0 bridgehead atoms. The number of amides is 2. The lowest BCUT2D eigenvalue weighted by molar-refractivity contribution is -0.143. The molecule has 0 saturated heterocycles. The van der Waals surface area contributed by atoms with Gasteiger partial charge in [0.2, 0.25) is 11.8 Å². The Morgan fingerprint density at radius 3 is 2.30 bits per heavy atom. The Balaban J connectivity index is 3.76. The Bertz CT molecular complexity index is 375. The van der Waals surface area contributed by atoms with Crippen LogP contribution in [0.3, 0.4) is 0 Å². The summed E-state index contributed by atoms with van der Waals surface area (Å²) in [6, 6.07) is 0. The third-order valence-electron chi connectivity index (χ3n) is 1.87. The second-order valence-electron chi connectivity index (χ2n) is 3.81. The van der Waals surface area contributed by atoms with Crippen molar-refractivity contribution in [2.45, 2.75) is 6.92 Å². The number of esters is 1. The first-order chi connectivity index (χ1) is 9.36. The third kappa shape index (κ3) is 9.56. The Morgan fingerprint density at radius 1 is 1.15 bits per heavy atom. The molecule has 7 nitrogen and oxygen atoms in total. The van der Waals surface area contributed by atoms with E-state index in [0.717, 1.165) is 0 Å². The van der Waals surface area contributed by atoms with E-state index in [0.29, 0.717) is 4.32 Å². The van der Waals surface area contributed by atoms with Gasteiger partial charge in [-0.3, -0.25) is 14.4 Å². The molecule has 2 N–H and O–H groups in total. The number of thioether (sulfide) groups is 1. The number of carbonyl (C=O) groups is 3. The van der Waals surface area contributed by atoms with Crippen molar-refractivity contribution in [1.82, 2.24) is 15.5 Å². The molecule has 0 atom stereocenters. The Morgan fingerprint density at radius 2 is 1.75 bits per heavy atom. The fourth-order valence-corrected chi connectivity index (χ4v) is 1.72. The molecule has 0 rings (SSSR count). The molecule has 114 valence electrons. The largest absolute Gasteiger partial charge is 0.465 e. The van der Waals surface area contributed by atoms with Crippen LogP contribution in [0.4, 0.5) is 0 Å². The summed E-state index contributed by atoms with van der Waals surface area (Å²) in [7, 11) is 3.58. The van der Waals surface area contributed by atoms with Crippen LogP contribution in [-0.4, -0.2) is 66.5 Å². The fourth-order valence-electron chi connectivity index (χ4n) is 0.932. The lowest BCUT2D eigenvalue weighted by atomic mass is 10.5. The van der Waals surface area contributed by atoms with Crippen molar-refractivity contribution in [3.05, 3.63) is 0 Å². The van der Waals surface area contributed by atoms with Crippen LogP contribution in [0.15, 0.2) is 0 Å². The van der Waals surface area contributed by atoms with Gasteiger partial charge in [0.05, 0.1) is 18.9 Å². The molecule has 0 aliphatic carbocycles. The number of ether oxygens (including phenoxy) is 1. The van der Waals surface area contributed by atoms with E-state index in [1.165, 1.54) is 11.8 Å². The molecular weight excluding hydrogens is 302 g/mol. The van der Waals surface area contributed by atoms with E-state index < -0.39 is 11.9 Å². The van der Waals surface area contributed by atoms with Gasteiger partial charge in [-0.15, -0.1) is 0 Å². The van der Waals surface area contributed by atoms with E-state index >= 15 is 0 Å². The molecule has 0 aromatic heterocycles. The topological polar surface area (TPSA) is 87.7 Å². The molecule has 0 spiro atoms. The van der Waals surface area contributed by atoms with Crippen LogP contribution < -0.4 is 10.6 Å². The first-order valence-corrected chi connectivity index (χ1v) is 7.29. The molecule has 0 fully saturated rings. The lowest BCUT2D eigenvalue weighted by Crippen LogP contribution is -2.40. The van der Waals surface area contributed by atoms with Crippen molar-refractivity contribution < 1.29 is 19.1 Å². The number of hydrogen-bond donors (Lipinski definition) is 2. The molecule has 20 heavy (non-hydrogen) atoms. The van der Waals surface area contributed by atoms with E-state index in [2.05, 4.69) is 15.4 Å². The second kappa shape index (κ2) is 10.4. The summed E-state index contributed by atoms with van der Waals surface area (Å²) in [5.74, 6) is -1.13. The quantitative estimate of drug-likeness (QED) is 0.476. The van der Waals surface area contributed by atoms with Crippen LogP contribution in [-0.2, 0) is 19.1 Å². The lowest BCUT2D eigenvalue weighted by Gasteiger charge is -2.12. The molecule has 0 aliphatic rings. The number of carbonyl (C=O) groups excluding carboxylic acids is 3. The number of hydrogen-bond acceptors (Lipinski definition) is 6. The summed E-state index contributed by atoms with van der Waals surface area (Å²) < 4.78 is 5.23. The van der Waals surface area contributed by atoms with Gasteiger partial charge in [-0.2, -0.15) is 0 Å². The molecule has 0 radical (unpaired) electrons. The van der Waals surface area contributed by atoms with E-state index in [4.69, 9.17) is 12.2 Å². The van der Waals surface area contributed by atoms with Gasteiger partial charge >= 0.3 is 5.97 Å². The highest BCUT2D eigenvalue weighted by Crippen LogP contribution is 2.05. The molecule has 0 aromatic rings. The Kier molecular flexibility index (Phi) is 9.73. The Hall–Kier alpha value is -1.35. The first-order valence-electron chi connectivity index (χ1n) is 5.90. The zero-order valence-corrected chi connectivity index (χ0v) is 13.4. The van der Waals surface area contributed by atoms with Gasteiger partial charge in [0, 0.05) is 14.1 Å². The minimum atomic E-state index is -0.515. The first kappa shape index (κ1) is 18.7. The van der Waals surface area contributed by atoms with Gasteiger partial charge in [0.25, 0.3) is 0 Å². The van der Waals surface area contributed by atoms with Crippen LogP contribution in [0, 0.1) is 0 Å². The second-order valence-corrected chi connectivity index (χ2v) is 5.42. The highest BCUT2D eigenvalue weighted by atomic mass is 32.2. The molecule has 9 heteroatoms. The summed E-state index contributed by atoms with van der Waals surface area (Å²) in [6.07, 6.45) is 0. The summed E-state index contributed by atoms with van der Waals surface area (Å²) >= 11 is 6.21. The van der Waals surface area contributed by atoms with Gasteiger partial charge in [-0.25, -0.2) is 0 Å². The molecule has 0 unspecified atom stereocenters. The van der Waals surface area contributed by atoms with Gasteiger partial charge in [-0.05, 0) is 6.92 Å². The summed E-state index contributed by atoms with van der Waals surface area (Å²) in [6.45, 7) is 1.54. The predicted octanol–water partition coefficient (Wildman–Crippen LogP) is -0.638.